The number of aromatic nitrogens is 4. The summed E-state index contributed by atoms with van der Waals surface area (Å²) in [6, 6.07) is 3.99. The second-order valence-electron chi connectivity index (χ2n) is 9.82. The standard InChI is InChI=1S/C24H34BrFN8O/c1-15-18(29-16(2)32(5)6)11-17(35-13-24(3,4)26)12-19(15)33-7-9-34(10-8-33)23-20-21(25)30-31-22(20)27-14-28-23/h11-12,14,16,29H,7-10,13H2,1-6H3,(H,27,28,30,31). The van der Waals surface area contributed by atoms with Crippen LogP contribution in [0.1, 0.15) is 26.3 Å². The van der Waals surface area contributed by atoms with Gasteiger partial charge in [-0.1, -0.05) is 0 Å². The molecule has 0 radical (unpaired) electrons. The van der Waals surface area contributed by atoms with Gasteiger partial charge in [0.25, 0.3) is 0 Å². The summed E-state index contributed by atoms with van der Waals surface area (Å²) >= 11 is 3.51. The highest BCUT2D eigenvalue weighted by molar-refractivity contribution is 9.10. The minimum Gasteiger partial charge on any atom is -0.490 e. The smallest absolute Gasteiger partial charge is 0.161 e. The highest BCUT2D eigenvalue weighted by Gasteiger charge is 2.25. The SMILES string of the molecule is Cc1c(NC(C)N(C)C)cc(OCC(C)(C)F)cc1N1CCN(c2ncnc3[nH]nc(Br)c23)CC1. The average molecular weight is 549 g/mol. The van der Waals surface area contributed by atoms with Gasteiger partial charge in [0.1, 0.15) is 34.8 Å². The van der Waals surface area contributed by atoms with E-state index >= 15 is 0 Å². The summed E-state index contributed by atoms with van der Waals surface area (Å²) in [5, 5.41) is 11.6. The minimum absolute atomic E-state index is 0.00472. The molecule has 0 bridgehead atoms. The first kappa shape index (κ1) is 25.4. The van der Waals surface area contributed by atoms with Crippen LogP contribution >= 0.6 is 15.9 Å². The quantitative estimate of drug-likeness (QED) is 0.405. The van der Waals surface area contributed by atoms with Crippen LogP contribution in [0.15, 0.2) is 23.1 Å². The van der Waals surface area contributed by atoms with Crippen molar-refractivity contribution in [3.05, 3.63) is 28.6 Å². The molecule has 2 aromatic heterocycles. The topological polar surface area (TPSA) is 85.4 Å². The fourth-order valence-corrected chi connectivity index (χ4v) is 4.51. The van der Waals surface area contributed by atoms with E-state index in [0.29, 0.717) is 16.0 Å². The molecule has 11 heteroatoms. The number of H-pyrrole nitrogens is 1. The van der Waals surface area contributed by atoms with Gasteiger partial charge in [0.05, 0.1) is 11.6 Å². The second-order valence-corrected chi connectivity index (χ2v) is 10.6. The molecule has 1 atom stereocenters. The van der Waals surface area contributed by atoms with Crippen molar-refractivity contribution in [3.8, 4) is 5.75 Å². The number of piperazine rings is 1. The summed E-state index contributed by atoms with van der Waals surface area (Å²) in [6.45, 7) is 10.5. The maximum absolute atomic E-state index is 14.2. The van der Waals surface area contributed by atoms with Gasteiger partial charge in [0.15, 0.2) is 5.65 Å². The Morgan fingerprint density at radius 3 is 2.54 bits per heavy atom. The number of benzene rings is 1. The number of ether oxygens (including phenoxy) is 1. The molecule has 1 aromatic carbocycles. The number of alkyl halides is 1. The largest absolute Gasteiger partial charge is 0.490 e. The van der Waals surface area contributed by atoms with Crippen LogP contribution < -0.4 is 19.9 Å². The number of nitrogens with zero attached hydrogens (tertiary/aromatic N) is 6. The monoisotopic (exact) mass is 548 g/mol. The van der Waals surface area contributed by atoms with Gasteiger partial charge in [-0.05, 0) is 63.3 Å². The van der Waals surface area contributed by atoms with Gasteiger partial charge >= 0.3 is 0 Å². The molecule has 0 amide bonds. The van der Waals surface area contributed by atoms with E-state index in [1.807, 2.05) is 26.2 Å². The Morgan fingerprint density at radius 1 is 1.20 bits per heavy atom. The Labute approximate surface area is 214 Å². The van der Waals surface area contributed by atoms with Crippen molar-refractivity contribution in [1.29, 1.82) is 0 Å². The Balaban J connectivity index is 1.58. The first-order chi connectivity index (χ1) is 16.5. The van der Waals surface area contributed by atoms with E-state index in [-0.39, 0.29) is 12.8 Å². The van der Waals surface area contributed by atoms with Gasteiger partial charge in [0, 0.05) is 49.7 Å². The molecule has 1 unspecified atom stereocenters. The molecule has 9 nitrogen and oxygen atoms in total. The number of anilines is 3. The summed E-state index contributed by atoms with van der Waals surface area (Å²) in [5.74, 6) is 1.53. The maximum atomic E-state index is 14.2. The van der Waals surface area contributed by atoms with E-state index in [4.69, 9.17) is 4.74 Å². The lowest BCUT2D eigenvalue weighted by atomic mass is 10.1. The summed E-state index contributed by atoms with van der Waals surface area (Å²) in [4.78, 5) is 15.5. The van der Waals surface area contributed by atoms with Crippen LogP contribution in [0.5, 0.6) is 5.75 Å². The third-order valence-electron chi connectivity index (χ3n) is 6.29. The number of halogens is 2. The van der Waals surface area contributed by atoms with Crippen LogP contribution in [-0.2, 0) is 0 Å². The van der Waals surface area contributed by atoms with E-state index in [1.54, 1.807) is 6.33 Å². The van der Waals surface area contributed by atoms with Gasteiger partial charge in [-0.3, -0.25) is 10.00 Å². The van der Waals surface area contributed by atoms with E-state index in [1.165, 1.54) is 13.8 Å². The molecule has 3 aromatic rings. The summed E-state index contributed by atoms with van der Waals surface area (Å²) in [5.41, 5.74) is 2.51. The van der Waals surface area contributed by atoms with Crippen LogP contribution in [0.25, 0.3) is 11.0 Å². The fraction of sp³-hybridized carbons (Fsp3) is 0.542. The average Bonchev–Trinajstić information content (AvgIpc) is 3.20. The number of hydrogen-bond acceptors (Lipinski definition) is 8. The Kier molecular flexibility index (Phi) is 7.37. The third kappa shape index (κ3) is 5.78. The van der Waals surface area contributed by atoms with Crippen molar-refractivity contribution in [1.82, 2.24) is 25.1 Å². The second kappa shape index (κ2) is 10.1. The van der Waals surface area contributed by atoms with E-state index in [0.717, 1.165) is 54.3 Å². The van der Waals surface area contributed by atoms with Gasteiger partial charge in [-0.2, -0.15) is 5.10 Å². The molecule has 1 aliphatic heterocycles. The summed E-state index contributed by atoms with van der Waals surface area (Å²) in [7, 11) is 4.06. The normalized spacial score (nSPS) is 15.7. The van der Waals surface area contributed by atoms with Crippen LogP contribution in [0.2, 0.25) is 0 Å². The Bertz CT molecular complexity index is 1170. The predicted molar refractivity (Wildman–Crippen MR) is 142 cm³/mol. The first-order valence-electron chi connectivity index (χ1n) is 11.8. The van der Waals surface area contributed by atoms with Crippen molar-refractivity contribution in [2.45, 2.75) is 39.5 Å². The lowest BCUT2D eigenvalue weighted by Crippen LogP contribution is -2.47. The fourth-order valence-electron chi connectivity index (χ4n) is 4.05. The molecule has 2 N–H and O–H groups in total. The number of rotatable bonds is 8. The molecule has 3 heterocycles. The molecule has 1 aliphatic rings. The molecular weight excluding hydrogens is 515 g/mol. The first-order valence-corrected chi connectivity index (χ1v) is 12.6. The highest BCUT2D eigenvalue weighted by Crippen LogP contribution is 2.35. The molecular formula is C24H34BrFN8O. The maximum Gasteiger partial charge on any atom is 0.161 e. The van der Waals surface area contributed by atoms with Crippen LogP contribution in [0.4, 0.5) is 21.6 Å². The number of fused-ring (bicyclic) bond motifs is 1. The molecule has 35 heavy (non-hydrogen) atoms. The van der Waals surface area contributed by atoms with Crippen molar-refractivity contribution in [2.75, 3.05) is 62.0 Å². The number of hydrogen-bond donors (Lipinski definition) is 2. The van der Waals surface area contributed by atoms with Crippen molar-refractivity contribution >= 4 is 44.2 Å². The van der Waals surface area contributed by atoms with Crippen LogP contribution in [0.3, 0.4) is 0 Å². The van der Waals surface area contributed by atoms with Crippen molar-refractivity contribution in [2.24, 2.45) is 0 Å². The van der Waals surface area contributed by atoms with Crippen molar-refractivity contribution < 1.29 is 9.13 Å². The molecule has 190 valence electrons. The zero-order valence-electron chi connectivity index (χ0n) is 21.2. The zero-order valence-corrected chi connectivity index (χ0v) is 22.8. The van der Waals surface area contributed by atoms with E-state index in [9.17, 15) is 4.39 Å². The minimum atomic E-state index is -1.41. The zero-order chi connectivity index (χ0) is 25.3. The number of aromatic amines is 1. The lowest BCUT2D eigenvalue weighted by molar-refractivity contribution is 0.121. The predicted octanol–water partition coefficient (Wildman–Crippen LogP) is 4.20. The van der Waals surface area contributed by atoms with Crippen LogP contribution in [0, 0.1) is 6.92 Å². The Hall–Kier alpha value is -2.66. The molecule has 4 rings (SSSR count). The van der Waals surface area contributed by atoms with Crippen LogP contribution in [-0.4, -0.2) is 83.8 Å². The van der Waals surface area contributed by atoms with Gasteiger partial charge in [0.2, 0.25) is 0 Å². The molecule has 0 spiro atoms. The highest BCUT2D eigenvalue weighted by atomic mass is 79.9. The molecule has 1 saturated heterocycles. The van der Waals surface area contributed by atoms with Gasteiger partial charge < -0.3 is 19.9 Å². The van der Waals surface area contributed by atoms with Crippen molar-refractivity contribution in [3.63, 3.8) is 0 Å². The lowest BCUT2D eigenvalue weighted by Gasteiger charge is -2.38. The molecule has 1 fully saturated rings. The Morgan fingerprint density at radius 2 is 1.89 bits per heavy atom. The third-order valence-corrected chi connectivity index (χ3v) is 6.86. The molecule has 0 aliphatic carbocycles. The summed E-state index contributed by atoms with van der Waals surface area (Å²) < 4.78 is 20.8. The molecule has 0 saturated carbocycles. The van der Waals surface area contributed by atoms with Gasteiger partial charge in [-0.15, -0.1) is 0 Å². The number of nitrogens with one attached hydrogen (secondary N) is 2. The van der Waals surface area contributed by atoms with Gasteiger partial charge in [-0.25, -0.2) is 14.4 Å². The van der Waals surface area contributed by atoms with E-state index in [2.05, 4.69) is 70.0 Å². The summed E-state index contributed by atoms with van der Waals surface area (Å²) in [6.07, 6.45) is 1.69. The van der Waals surface area contributed by atoms with E-state index < -0.39 is 5.67 Å².